The highest BCUT2D eigenvalue weighted by atomic mass is 16.3. The van der Waals surface area contributed by atoms with Crippen LogP contribution in [0.2, 0.25) is 0 Å². The van der Waals surface area contributed by atoms with Crippen molar-refractivity contribution < 1.29 is 5.11 Å². The van der Waals surface area contributed by atoms with Gasteiger partial charge in [0, 0.05) is 18.9 Å². The van der Waals surface area contributed by atoms with E-state index in [0.717, 1.165) is 11.1 Å². The van der Waals surface area contributed by atoms with Crippen LogP contribution < -0.4 is 0 Å². The lowest BCUT2D eigenvalue weighted by Crippen LogP contribution is -2.35. The van der Waals surface area contributed by atoms with Crippen LogP contribution in [0, 0.1) is 0 Å². The van der Waals surface area contributed by atoms with Gasteiger partial charge >= 0.3 is 0 Å². The summed E-state index contributed by atoms with van der Waals surface area (Å²) < 4.78 is 0. The lowest BCUT2D eigenvalue weighted by Gasteiger charge is -2.31. The van der Waals surface area contributed by atoms with Gasteiger partial charge in [0.1, 0.15) is 6.17 Å². The molecule has 1 N–H and O–H groups in total. The van der Waals surface area contributed by atoms with Crippen LogP contribution in [-0.4, -0.2) is 34.7 Å². The van der Waals surface area contributed by atoms with Gasteiger partial charge in [-0.25, -0.2) is 0 Å². The molecule has 0 fully saturated rings. The molecule has 0 aliphatic carbocycles. The molecule has 3 nitrogen and oxygen atoms in total. The van der Waals surface area contributed by atoms with Crippen LogP contribution >= 0.6 is 0 Å². The highest BCUT2D eigenvalue weighted by Gasteiger charge is 2.33. The van der Waals surface area contributed by atoms with Crippen molar-refractivity contribution in [1.82, 2.24) is 9.80 Å². The molecular formula is C18H24N2O. The molecule has 0 saturated carbocycles. The van der Waals surface area contributed by atoms with Crippen LogP contribution in [0.25, 0.3) is 0 Å². The monoisotopic (exact) mass is 284 g/mol. The molecule has 21 heavy (non-hydrogen) atoms. The third-order valence-corrected chi connectivity index (χ3v) is 3.80. The number of rotatable bonds is 4. The third kappa shape index (κ3) is 2.88. The number of aliphatic hydroxyl groups is 1. The maximum absolute atomic E-state index is 9.40. The van der Waals surface area contributed by atoms with E-state index in [4.69, 9.17) is 0 Å². The zero-order valence-electron chi connectivity index (χ0n) is 13.3. The summed E-state index contributed by atoms with van der Waals surface area (Å²) in [6.45, 7) is 10.2. The summed E-state index contributed by atoms with van der Waals surface area (Å²) in [4.78, 5) is 4.46. The van der Waals surface area contributed by atoms with Gasteiger partial charge in [0.2, 0.25) is 0 Å². The largest absolute Gasteiger partial charge is 0.392 e. The minimum absolute atomic E-state index is 0.0545. The van der Waals surface area contributed by atoms with E-state index in [2.05, 4.69) is 56.3 Å². The predicted octanol–water partition coefficient (Wildman–Crippen LogP) is 3.32. The number of nitrogens with zero attached hydrogens (tertiary/aromatic N) is 2. The van der Waals surface area contributed by atoms with Crippen molar-refractivity contribution in [3.05, 3.63) is 71.3 Å². The van der Waals surface area contributed by atoms with Gasteiger partial charge in [-0.1, -0.05) is 36.5 Å². The Hall–Kier alpha value is -2.00. The van der Waals surface area contributed by atoms with Crippen molar-refractivity contribution in [2.75, 3.05) is 13.7 Å². The molecule has 0 amide bonds. The van der Waals surface area contributed by atoms with E-state index >= 15 is 0 Å². The van der Waals surface area contributed by atoms with E-state index in [1.165, 1.54) is 17.0 Å². The zero-order chi connectivity index (χ0) is 15.6. The van der Waals surface area contributed by atoms with Crippen LogP contribution in [0.4, 0.5) is 0 Å². The van der Waals surface area contributed by atoms with Crippen LogP contribution in [0.15, 0.2) is 71.3 Å². The summed E-state index contributed by atoms with van der Waals surface area (Å²) in [6.07, 6.45) is 12.3. The van der Waals surface area contributed by atoms with E-state index in [-0.39, 0.29) is 12.8 Å². The second-order valence-corrected chi connectivity index (χ2v) is 5.67. The Morgan fingerprint density at radius 1 is 1.43 bits per heavy atom. The maximum Gasteiger partial charge on any atom is 0.125 e. The first kappa shape index (κ1) is 15.4. The SMILES string of the molecule is C=C/C=C(\C=C(C)C)C1=C(C)N(C)C2C=CC(CO)=CN12. The highest BCUT2D eigenvalue weighted by Crippen LogP contribution is 2.36. The Balaban J connectivity index is 2.52. The van der Waals surface area contributed by atoms with Crippen molar-refractivity contribution >= 4 is 0 Å². The van der Waals surface area contributed by atoms with Gasteiger partial charge in [-0.05, 0) is 38.0 Å². The van der Waals surface area contributed by atoms with Crippen molar-refractivity contribution in [2.24, 2.45) is 0 Å². The van der Waals surface area contributed by atoms with Crippen molar-refractivity contribution in [2.45, 2.75) is 26.9 Å². The van der Waals surface area contributed by atoms with Crippen LogP contribution in [-0.2, 0) is 0 Å². The first-order valence-electron chi connectivity index (χ1n) is 7.19. The van der Waals surface area contributed by atoms with Gasteiger partial charge in [-0.2, -0.15) is 0 Å². The molecule has 0 aromatic heterocycles. The van der Waals surface area contributed by atoms with Gasteiger partial charge in [0.25, 0.3) is 0 Å². The molecular weight excluding hydrogens is 260 g/mol. The van der Waals surface area contributed by atoms with Gasteiger partial charge in [0.05, 0.1) is 12.3 Å². The molecule has 0 bridgehead atoms. The molecule has 2 aliphatic heterocycles. The summed E-state index contributed by atoms with van der Waals surface area (Å²) in [5.41, 5.74) is 5.68. The van der Waals surface area contributed by atoms with Crippen molar-refractivity contribution in [3.8, 4) is 0 Å². The summed E-state index contributed by atoms with van der Waals surface area (Å²) in [7, 11) is 2.09. The minimum Gasteiger partial charge on any atom is -0.392 e. The second kappa shape index (κ2) is 6.19. The van der Waals surface area contributed by atoms with E-state index in [1.54, 1.807) is 0 Å². The fourth-order valence-electron chi connectivity index (χ4n) is 2.75. The predicted molar refractivity (Wildman–Crippen MR) is 88.1 cm³/mol. The normalized spacial score (nSPS) is 21.5. The maximum atomic E-state index is 9.40. The Labute approximate surface area is 127 Å². The smallest absolute Gasteiger partial charge is 0.125 e. The average molecular weight is 284 g/mol. The Kier molecular flexibility index (Phi) is 4.53. The number of hydrogen-bond donors (Lipinski definition) is 1. The van der Waals surface area contributed by atoms with Crippen LogP contribution in [0.1, 0.15) is 20.8 Å². The standard InChI is InChI=1S/C18H24N2O/c1-6-7-16(10-13(2)3)18-14(4)19(5)17-9-8-15(12-21)11-20(17)18/h6-11,17,21H,1,12H2,2-5H3/b16-7+. The minimum atomic E-state index is 0.0545. The Bertz CT molecular complexity index is 586. The summed E-state index contributed by atoms with van der Waals surface area (Å²) in [5.74, 6) is 0. The molecule has 2 aliphatic rings. The Morgan fingerprint density at radius 3 is 2.71 bits per heavy atom. The van der Waals surface area contributed by atoms with E-state index in [1.807, 2.05) is 24.4 Å². The molecule has 1 atom stereocenters. The average Bonchev–Trinajstić information content (AvgIpc) is 2.69. The summed E-state index contributed by atoms with van der Waals surface area (Å²) in [5, 5.41) is 9.40. The molecule has 0 aromatic rings. The topological polar surface area (TPSA) is 26.7 Å². The molecule has 1 unspecified atom stereocenters. The van der Waals surface area contributed by atoms with Gasteiger partial charge in [0.15, 0.2) is 0 Å². The molecule has 2 rings (SSSR count). The lowest BCUT2D eigenvalue weighted by molar-refractivity contribution is 0.252. The highest BCUT2D eigenvalue weighted by molar-refractivity contribution is 5.49. The summed E-state index contributed by atoms with van der Waals surface area (Å²) in [6, 6.07) is 0. The molecule has 3 heteroatoms. The van der Waals surface area contributed by atoms with Gasteiger partial charge in [-0.15, -0.1) is 0 Å². The molecule has 2 heterocycles. The van der Waals surface area contributed by atoms with E-state index in [0.29, 0.717) is 0 Å². The first-order valence-corrected chi connectivity index (χ1v) is 7.19. The number of likely N-dealkylation sites (N-methyl/N-ethyl adjacent to an activating group) is 1. The lowest BCUT2D eigenvalue weighted by atomic mass is 10.1. The van der Waals surface area contributed by atoms with E-state index in [9.17, 15) is 5.11 Å². The number of aliphatic hydroxyl groups excluding tert-OH is 1. The number of fused-ring (bicyclic) bond motifs is 1. The van der Waals surface area contributed by atoms with Crippen molar-refractivity contribution in [1.29, 1.82) is 0 Å². The van der Waals surface area contributed by atoms with E-state index < -0.39 is 0 Å². The van der Waals surface area contributed by atoms with Gasteiger partial charge in [-0.3, -0.25) is 0 Å². The number of allylic oxidation sites excluding steroid dienone is 5. The third-order valence-electron chi connectivity index (χ3n) is 3.80. The van der Waals surface area contributed by atoms with Crippen LogP contribution in [0.3, 0.4) is 0 Å². The molecule has 0 aromatic carbocycles. The first-order chi connectivity index (χ1) is 9.99. The second-order valence-electron chi connectivity index (χ2n) is 5.67. The zero-order valence-corrected chi connectivity index (χ0v) is 13.3. The quantitative estimate of drug-likeness (QED) is 0.802. The molecule has 0 spiro atoms. The van der Waals surface area contributed by atoms with Crippen LogP contribution in [0.5, 0.6) is 0 Å². The molecule has 0 radical (unpaired) electrons. The fraction of sp³-hybridized carbons (Fsp3) is 0.333. The van der Waals surface area contributed by atoms with Crippen molar-refractivity contribution in [3.63, 3.8) is 0 Å². The number of hydrogen-bond acceptors (Lipinski definition) is 3. The Morgan fingerprint density at radius 2 is 2.14 bits per heavy atom. The molecule has 0 saturated heterocycles. The fourth-order valence-corrected chi connectivity index (χ4v) is 2.75. The molecule has 112 valence electrons. The summed E-state index contributed by atoms with van der Waals surface area (Å²) >= 11 is 0. The van der Waals surface area contributed by atoms with Gasteiger partial charge < -0.3 is 14.9 Å².